The summed E-state index contributed by atoms with van der Waals surface area (Å²) >= 11 is 0. The minimum Gasteiger partial charge on any atom is -0.471 e. The van der Waals surface area contributed by atoms with Gasteiger partial charge in [0.2, 0.25) is 11.8 Å². The maximum Gasteiger partial charge on any atom is 0.233 e. The van der Waals surface area contributed by atoms with Crippen LogP contribution in [0.1, 0.15) is 32.6 Å². The third kappa shape index (κ3) is 3.42. The SMILES string of the molecule is CCCC(=O)N1CCCC(Oc2cccnn2)C1. The molecule has 1 aromatic rings. The van der Waals surface area contributed by atoms with Crippen LogP contribution in [-0.4, -0.2) is 40.2 Å². The van der Waals surface area contributed by atoms with Crippen LogP contribution in [0.4, 0.5) is 0 Å². The average molecular weight is 249 g/mol. The zero-order valence-electron chi connectivity index (χ0n) is 10.7. The summed E-state index contributed by atoms with van der Waals surface area (Å²) in [6.45, 7) is 3.53. The summed E-state index contributed by atoms with van der Waals surface area (Å²) in [6, 6.07) is 3.59. The molecule has 2 rings (SSSR count). The van der Waals surface area contributed by atoms with Crippen molar-refractivity contribution in [3.05, 3.63) is 18.3 Å². The third-order valence-electron chi connectivity index (χ3n) is 3.03. The minimum absolute atomic E-state index is 0.0382. The first-order chi connectivity index (χ1) is 8.79. The van der Waals surface area contributed by atoms with Crippen LogP contribution < -0.4 is 4.74 Å². The number of hydrogen-bond acceptors (Lipinski definition) is 4. The van der Waals surface area contributed by atoms with E-state index >= 15 is 0 Å². The lowest BCUT2D eigenvalue weighted by molar-refractivity contribution is -0.133. The summed E-state index contributed by atoms with van der Waals surface area (Å²) < 4.78 is 5.75. The number of carbonyl (C=O) groups is 1. The average Bonchev–Trinajstić information content (AvgIpc) is 2.40. The molecule has 1 atom stereocenters. The fraction of sp³-hybridized carbons (Fsp3) is 0.615. The molecule has 5 heteroatoms. The molecule has 18 heavy (non-hydrogen) atoms. The van der Waals surface area contributed by atoms with Crippen molar-refractivity contribution in [3.63, 3.8) is 0 Å². The normalized spacial score (nSPS) is 19.6. The summed E-state index contributed by atoms with van der Waals surface area (Å²) in [5.74, 6) is 0.761. The highest BCUT2D eigenvalue weighted by molar-refractivity contribution is 5.76. The van der Waals surface area contributed by atoms with Gasteiger partial charge in [-0.25, -0.2) is 0 Å². The van der Waals surface area contributed by atoms with E-state index in [1.54, 1.807) is 18.3 Å². The van der Waals surface area contributed by atoms with Gasteiger partial charge in [0.1, 0.15) is 6.10 Å². The molecular formula is C13H19N3O2. The molecule has 1 aliphatic rings. The van der Waals surface area contributed by atoms with Crippen molar-refractivity contribution in [2.45, 2.75) is 38.7 Å². The smallest absolute Gasteiger partial charge is 0.233 e. The molecule has 1 fully saturated rings. The van der Waals surface area contributed by atoms with Crippen molar-refractivity contribution in [1.29, 1.82) is 0 Å². The van der Waals surface area contributed by atoms with Crippen molar-refractivity contribution in [2.75, 3.05) is 13.1 Å². The third-order valence-corrected chi connectivity index (χ3v) is 3.03. The molecule has 1 unspecified atom stereocenters. The van der Waals surface area contributed by atoms with Gasteiger partial charge in [0, 0.05) is 25.2 Å². The van der Waals surface area contributed by atoms with E-state index in [9.17, 15) is 4.79 Å². The lowest BCUT2D eigenvalue weighted by Gasteiger charge is -2.32. The predicted molar refractivity (Wildman–Crippen MR) is 67.2 cm³/mol. The number of carbonyl (C=O) groups excluding carboxylic acids is 1. The number of amides is 1. The fourth-order valence-corrected chi connectivity index (χ4v) is 2.15. The molecule has 1 aliphatic heterocycles. The van der Waals surface area contributed by atoms with E-state index in [1.165, 1.54) is 0 Å². The predicted octanol–water partition coefficient (Wildman–Crippen LogP) is 1.65. The molecule has 0 N–H and O–H groups in total. The van der Waals surface area contributed by atoms with Crippen LogP contribution in [0.5, 0.6) is 5.88 Å². The number of nitrogens with zero attached hydrogens (tertiary/aromatic N) is 3. The Labute approximate surface area is 107 Å². The van der Waals surface area contributed by atoms with Gasteiger partial charge in [-0.05, 0) is 25.3 Å². The fourth-order valence-electron chi connectivity index (χ4n) is 2.15. The van der Waals surface area contributed by atoms with Crippen LogP contribution in [0, 0.1) is 0 Å². The Hall–Kier alpha value is -1.65. The van der Waals surface area contributed by atoms with Crippen molar-refractivity contribution in [2.24, 2.45) is 0 Å². The number of piperidine rings is 1. The van der Waals surface area contributed by atoms with Gasteiger partial charge in [-0.3, -0.25) is 4.79 Å². The first-order valence-electron chi connectivity index (χ1n) is 6.51. The van der Waals surface area contributed by atoms with Crippen molar-refractivity contribution >= 4 is 5.91 Å². The summed E-state index contributed by atoms with van der Waals surface area (Å²) in [5.41, 5.74) is 0. The number of likely N-dealkylation sites (tertiary alicyclic amines) is 1. The van der Waals surface area contributed by atoms with Crippen LogP contribution in [0.2, 0.25) is 0 Å². The van der Waals surface area contributed by atoms with E-state index in [2.05, 4.69) is 10.2 Å². The first-order valence-corrected chi connectivity index (χ1v) is 6.51. The monoisotopic (exact) mass is 249 g/mol. The second-order valence-electron chi connectivity index (χ2n) is 4.53. The summed E-state index contributed by atoms with van der Waals surface area (Å²) in [7, 11) is 0. The molecule has 1 aromatic heterocycles. The molecule has 0 spiro atoms. The highest BCUT2D eigenvalue weighted by Gasteiger charge is 2.24. The number of ether oxygens (including phenoxy) is 1. The van der Waals surface area contributed by atoms with E-state index in [4.69, 9.17) is 4.74 Å². The van der Waals surface area contributed by atoms with Gasteiger partial charge in [-0.2, -0.15) is 5.10 Å². The molecule has 0 aliphatic carbocycles. The molecule has 98 valence electrons. The van der Waals surface area contributed by atoms with Gasteiger partial charge in [-0.1, -0.05) is 6.92 Å². The molecular weight excluding hydrogens is 230 g/mol. The lowest BCUT2D eigenvalue weighted by atomic mass is 10.1. The van der Waals surface area contributed by atoms with Gasteiger partial charge in [0.05, 0.1) is 6.54 Å². The molecule has 0 aromatic carbocycles. The Morgan fingerprint density at radius 2 is 2.50 bits per heavy atom. The highest BCUT2D eigenvalue weighted by atomic mass is 16.5. The van der Waals surface area contributed by atoms with Crippen LogP contribution in [0.15, 0.2) is 18.3 Å². The Morgan fingerprint density at radius 3 is 3.22 bits per heavy atom. The molecule has 2 heterocycles. The van der Waals surface area contributed by atoms with Crippen LogP contribution in [0.25, 0.3) is 0 Å². The lowest BCUT2D eigenvalue weighted by Crippen LogP contribution is -2.44. The van der Waals surface area contributed by atoms with Crippen LogP contribution in [-0.2, 0) is 4.79 Å². The van der Waals surface area contributed by atoms with Crippen molar-refractivity contribution < 1.29 is 9.53 Å². The van der Waals surface area contributed by atoms with Gasteiger partial charge in [-0.15, -0.1) is 5.10 Å². The van der Waals surface area contributed by atoms with Crippen LogP contribution in [0.3, 0.4) is 0 Å². The van der Waals surface area contributed by atoms with Gasteiger partial charge < -0.3 is 9.64 Å². The second-order valence-corrected chi connectivity index (χ2v) is 4.53. The molecule has 0 saturated carbocycles. The van der Waals surface area contributed by atoms with E-state index < -0.39 is 0 Å². The first kappa shape index (κ1) is 12.8. The Kier molecular flexibility index (Phi) is 4.50. The van der Waals surface area contributed by atoms with E-state index in [0.717, 1.165) is 25.8 Å². The highest BCUT2D eigenvalue weighted by Crippen LogP contribution is 2.16. The van der Waals surface area contributed by atoms with Gasteiger partial charge in [0.25, 0.3) is 0 Å². The standard InChI is InChI=1S/C13H19N3O2/c1-2-5-13(17)16-9-4-6-11(10-16)18-12-7-3-8-14-15-12/h3,7-8,11H,2,4-6,9-10H2,1H3. The summed E-state index contributed by atoms with van der Waals surface area (Å²) in [4.78, 5) is 13.7. The Bertz CT molecular complexity index is 383. The maximum absolute atomic E-state index is 11.8. The maximum atomic E-state index is 11.8. The summed E-state index contributed by atoms with van der Waals surface area (Å²) in [6.07, 6.45) is 5.12. The number of aromatic nitrogens is 2. The molecule has 0 radical (unpaired) electrons. The summed E-state index contributed by atoms with van der Waals surface area (Å²) in [5, 5.41) is 7.68. The van der Waals surface area contributed by atoms with E-state index in [-0.39, 0.29) is 12.0 Å². The number of rotatable bonds is 4. The largest absolute Gasteiger partial charge is 0.471 e. The second kappa shape index (κ2) is 6.33. The number of hydrogen-bond donors (Lipinski definition) is 0. The van der Waals surface area contributed by atoms with Crippen LogP contribution >= 0.6 is 0 Å². The van der Waals surface area contributed by atoms with Gasteiger partial charge >= 0.3 is 0 Å². The van der Waals surface area contributed by atoms with Crippen molar-refractivity contribution in [1.82, 2.24) is 15.1 Å². The zero-order chi connectivity index (χ0) is 12.8. The molecule has 0 bridgehead atoms. The minimum atomic E-state index is 0.0382. The van der Waals surface area contributed by atoms with Gasteiger partial charge in [0.15, 0.2) is 0 Å². The Morgan fingerprint density at radius 1 is 1.61 bits per heavy atom. The Balaban J connectivity index is 1.89. The topological polar surface area (TPSA) is 55.3 Å². The van der Waals surface area contributed by atoms with E-state index in [1.807, 2.05) is 11.8 Å². The molecule has 1 saturated heterocycles. The molecule has 5 nitrogen and oxygen atoms in total. The van der Waals surface area contributed by atoms with E-state index in [0.29, 0.717) is 18.8 Å². The zero-order valence-corrected chi connectivity index (χ0v) is 10.7. The quantitative estimate of drug-likeness (QED) is 0.814. The van der Waals surface area contributed by atoms with Crippen molar-refractivity contribution in [3.8, 4) is 5.88 Å². The molecule has 1 amide bonds.